The van der Waals surface area contributed by atoms with E-state index in [0.717, 1.165) is 44.9 Å². The zero-order valence-electron chi connectivity index (χ0n) is 36.3. The predicted molar refractivity (Wildman–Crippen MR) is 264 cm³/mol. The van der Waals surface area contributed by atoms with Gasteiger partial charge >= 0.3 is 0 Å². The van der Waals surface area contributed by atoms with Gasteiger partial charge in [0.2, 0.25) is 0 Å². The van der Waals surface area contributed by atoms with Crippen LogP contribution in [0.2, 0.25) is 0 Å². The lowest BCUT2D eigenvalue weighted by Crippen LogP contribution is -2.35. The minimum Gasteiger partial charge on any atom is -0.336 e. The van der Waals surface area contributed by atoms with Crippen LogP contribution in [0.5, 0.6) is 0 Å². The molecule has 4 aromatic rings. The van der Waals surface area contributed by atoms with Crippen LogP contribution in [0, 0.1) is 11.8 Å². The molecule has 0 saturated heterocycles. The van der Waals surface area contributed by atoms with Gasteiger partial charge in [0.05, 0.1) is 11.7 Å². The average Bonchev–Trinajstić information content (AvgIpc) is 3.46. The van der Waals surface area contributed by atoms with Gasteiger partial charge in [-0.05, 0) is 124 Å². The molecular formula is C61H57N. The summed E-state index contributed by atoms with van der Waals surface area (Å²) in [4.78, 5) is 2.77. The third-order valence-corrected chi connectivity index (χ3v) is 14.8. The van der Waals surface area contributed by atoms with Crippen LogP contribution in [-0.2, 0) is 0 Å². The lowest BCUT2D eigenvalue weighted by molar-refractivity contribution is 0.567. The highest BCUT2D eigenvalue weighted by Gasteiger charge is 2.42. The Morgan fingerprint density at radius 2 is 1.52 bits per heavy atom. The van der Waals surface area contributed by atoms with Crippen molar-refractivity contribution in [3.63, 3.8) is 0 Å². The molecule has 0 aromatic heterocycles. The fourth-order valence-corrected chi connectivity index (χ4v) is 11.6. The fraction of sp³-hybridized carbons (Fsp3) is 0.246. The lowest BCUT2D eigenvalue weighted by atomic mass is 9.78. The van der Waals surface area contributed by atoms with E-state index in [4.69, 9.17) is 0 Å². The highest BCUT2D eigenvalue weighted by atomic mass is 15.2. The molecule has 1 heterocycles. The van der Waals surface area contributed by atoms with Crippen LogP contribution in [0.3, 0.4) is 0 Å². The molecule has 1 nitrogen and oxygen atoms in total. The van der Waals surface area contributed by atoms with Crippen molar-refractivity contribution in [2.45, 2.75) is 82.6 Å². The fourth-order valence-electron chi connectivity index (χ4n) is 11.6. The summed E-state index contributed by atoms with van der Waals surface area (Å²) in [6, 6.07) is 35.4. The molecular weight excluding hydrogens is 747 g/mol. The normalized spacial score (nSPS) is 25.8. The maximum absolute atomic E-state index is 2.77. The molecule has 11 rings (SSSR count). The van der Waals surface area contributed by atoms with Crippen LogP contribution < -0.4 is 4.90 Å². The largest absolute Gasteiger partial charge is 0.336 e. The third kappa shape index (κ3) is 6.97. The molecule has 0 N–H and O–H groups in total. The Morgan fingerprint density at radius 1 is 0.661 bits per heavy atom. The molecule has 1 heteroatoms. The molecule has 1 aliphatic heterocycles. The van der Waals surface area contributed by atoms with E-state index in [1.54, 1.807) is 5.57 Å². The molecule has 0 fully saturated rings. The van der Waals surface area contributed by atoms with Crippen LogP contribution in [0.4, 0.5) is 5.69 Å². The van der Waals surface area contributed by atoms with Crippen LogP contribution in [-0.4, -0.2) is 6.04 Å². The molecule has 4 aromatic carbocycles. The quantitative estimate of drug-likeness (QED) is 0.180. The zero-order chi connectivity index (χ0) is 41.6. The zero-order valence-corrected chi connectivity index (χ0v) is 36.3. The SMILES string of the molecule is CCC1C=C(c2ccccc2)C=C(C2C=CC=CC2)C=C1N1c2c(-c3ccc4c(c3)[C@@H](C)[C@H](c3cccc(C5=CCCC=C5)c3)CC3=C4C=CCC3)cccc2C2C=CC=CC21. The lowest BCUT2D eigenvalue weighted by Gasteiger charge is -2.35. The highest BCUT2D eigenvalue weighted by Crippen LogP contribution is 2.54. The molecule has 0 saturated carbocycles. The van der Waals surface area contributed by atoms with E-state index in [1.165, 1.54) is 78.2 Å². The Balaban J connectivity index is 1.06. The molecule has 306 valence electrons. The number of rotatable bonds is 7. The number of anilines is 1. The van der Waals surface area contributed by atoms with E-state index in [0.29, 0.717) is 17.8 Å². The Bertz CT molecular complexity index is 2770. The first-order valence-electron chi connectivity index (χ1n) is 23.4. The third-order valence-electron chi connectivity index (χ3n) is 14.8. The maximum atomic E-state index is 2.77. The van der Waals surface area contributed by atoms with Crippen molar-refractivity contribution in [2.24, 2.45) is 11.8 Å². The van der Waals surface area contributed by atoms with Crippen molar-refractivity contribution >= 4 is 22.4 Å². The van der Waals surface area contributed by atoms with E-state index in [1.807, 2.05) is 0 Å². The minimum absolute atomic E-state index is 0.205. The number of hydrogen-bond donors (Lipinski definition) is 0. The Morgan fingerprint density at radius 3 is 2.37 bits per heavy atom. The number of nitrogens with zero attached hydrogens (tertiary/aromatic N) is 1. The number of para-hydroxylation sites is 1. The summed E-state index contributed by atoms with van der Waals surface area (Å²) in [5, 5.41) is 0. The summed E-state index contributed by atoms with van der Waals surface area (Å²) in [5.41, 5.74) is 21.0. The molecule has 0 radical (unpaired) electrons. The van der Waals surface area contributed by atoms with Gasteiger partial charge in [-0.25, -0.2) is 0 Å². The van der Waals surface area contributed by atoms with Crippen LogP contribution >= 0.6 is 0 Å². The van der Waals surface area contributed by atoms with Crippen LogP contribution in [0.1, 0.15) is 110 Å². The highest BCUT2D eigenvalue weighted by molar-refractivity contribution is 5.90. The van der Waals surface area contributed by atoms with Gasteiger partial charge in [0.25, 0.3) is 0 Å². The predicted octanol–water partition coefficient (Wildman–Crippen LogP) is 15.9. The molecule has 0 bridgehead atoms. The Hall–Kier alpha value is -6.18. The van der Waals surface area contributed by atoms with Gasteiger partial charge in [-0.3, -0.25) is 0 Å². The van der Waals surface area contributed by atoms with E-state index >= 15 is 0 Å². The topological polar surface area (TPSA) is 3.24 Å². The molecule has 0 amide bonds. The van der Waals surface area contributed by atoms with Crippen LogP contribution in [0.15, 0.2) is 205 Å². The summed E-state index contributed by atoms with van der Waals surface area (Å²) in [6.45, 7) is 4.88. The molecule has 0 spiro atoms. The average molecular weight is 804 g/mol. The van der Waals surface area contributed by atoms with Gasteiger partial charge in [-0.15, -0.1) is 0 Å². The summed E-state index contributed by atoms with van der Waals surface area (Å²) in [5.74, 6) is 1.60. The monoisotopic (exact) mass is 803 g/mol. The number of allylic oxidation sites excluding steroid dienone is 19. The van der Waals surface area contributed by atoms with Crippen molar-refractivity contribution in [2.75, 3.05) is 4.90 Å². The smallest absolute Gasteiger partial charge is 0.0626 e. The van der Waals surface area contributed by atoms with Crippen LogP contribution in [0.25, 0.3) is 27.8 Å². The van der Waals surface area contributed by atoms with Gasteiger partial charge in [-0.2, -0.15) is 0 Å². The van der Waals surface area contributed by atoms with Crippen molar-refractivity contribution in [3.8, 4) is 11.1 Å². The van der Waals surface area contributed by atoms with Gasteiger partial charge in [0, 0.05) is 29.0 Å². The number of fused-ring (bicyclic) bond motifs is 5. The van der Waals surface area contributed by atoms with Crippen molar-refractivity contribution in [3.05, 3.63) is 238 Å². The van der Waals surface area contributed by atoms with Gasteiger partial charge in [0.1, 0.15) is 0 Å². The number of benzene rings is 4. The minimum atomic E-state index is 0.205. The standard InChI is InChI=1S/C61H57N/c1-3-42-35-50(44-21-9-5-10-22-44)37-51(45-23-11-6-12-24-45)40-60(42)62-59-32-16-15-29-55(59)56-31-18-30-53(61(56)62)49-33-34-54-52-28-14-13-25-48(52)38-57(41(2)58(54)39-49)47-27-17-26-46(36-47)43-19-7-4-8-20-43/h5-7,9-12,14-23,26-37,39-42,45,55,57,59H,3-4,8,13,24-25,38H2,1-2H3/t41-,42?,45?,55?,57+,59?/m0/s1. The first-order chi connectivity index (χ1) is 30.6. The molecule has 6 atom stereocenters. The van der Waals surface area contributed by atoms with Crippen molar-refractivity contribution in [1.29, 1.82) is 0 Å². The first kappa shape index (κ1) is 38.7. The van der Waals surface area contributed by atoms with E-state index in [9.17, 15) is 0 Å². The van der Waals surface area contributed by atoms with Gasteiger partial charge < -0.3 is 4.90 Å². The molecule has 62 heavy (non-hydrogen) atoms. The van der Waals surface area contributed by atoms with E-state index in [2.05, 4.69) is 207 Å². The maximum Gasteiger partial charge on any atom is 0.0626 e. The number of hydrogen-bond acceptors (Lipinski definition) is 1. The summed E-state index contributed by atoms with van der Waals surface area (Å²) in [7, 11) is 0. The van der Waals surface area contributed by atoms with Gasteiger partial charge in [0.15, 0.2) is 0 Å². The van der Waals surface area contributed by atoms with E-state index < -0.39 is 0 Å². The van der Waals surface area contributed by atoms with Gasteiger partial charge in [-0.1, -0.05) is 202 Å². The summed E-state index contributed by atoms with van der Waals surface area (Å²) in [6.07, 6.45) is 45.8. The molecule has 4 unspecified atom stereocenters. The van der Waals surface area contributed by atoms with E-state index in [-0.39, 0.29) is 17.9 Å². The Kier molecular flexibility index (Phi) is 10.4. The summed E-state index contributed by atoms with van der Waals surface area (Å²) < 4.78 is 0. The second-order valence-corrected chi connectivity index (χ2v) is 18.4. The second kappa shape index (κ2) is 16.6. The molecule has 7 aliphatic rings. The summed E-state index contributed by atoms with van der Waals surface area (Å²) >= 11 is 0. The first-order valence-corrected chi connectivity index (χ1v) is 23.4. The van der Waals surface area contributed by atoms with Crippen molar-refractivity contribution < 1.29 is 0 Å². The second-order valence-electron chi connectivity index (χ2n) is 18.4. The Labute approximate surface area is 369 Å². The van der Waals surface area contributed by atoms with Crippen molar-refractivity contribution in [1.82, 2.24) is 0 Å². The molecule has 6 aliphatic carbocycles.